The van der Waals surface area contributed by atoms with Gasteiger partial charge in [0, 0.05) is 0 Å². The lowest BCUT2D eigenvalue weighted by Crippen LogP contribution is -1.68. The monoisotopic (exact) mass is 76.0 g/mol. The van der Waals surface area contributed by atoms with Gasteiger partial charge in [0.1, 0.15) is 0 Å². The topological polar surface area (TPSA) is 56.6 Å². The zero-order valence-corrected chi connectivity index (χ0v) is 2.47. The molecule has 30 valence electrons. The van der Waals surface area contributed by atoms with E-state index in [1.807, 2.05) is 0 Å². The predicted molar refractivity (Wildman–Crippen MR) is 13.4 cm³/mol. The predicted octanol–water partition coefficient (Wildman–Crippen LogP) is -1.13. The molecule has 0 saturated carbocycles. The molecule has 5 heavy (non-hydrogen) atoms. The highest BCUT2D eigenvalue weighted by Crippen LogP contribution is 2.41. The Balaban J connectivity index is 0.000000125. The minimum Gasteiger partial charge on any atom is -0.412 e. The number of epoxide rings is 2. The van der Waals surface area contributed by atoms with Crippen molar-refractivity contribution < 1.29 is 14.9 Å². The maximum absolute atomic E-state index is 4.58. The molecule has 2 saturated heterocycles. The third kappa shape index (κ3) is 0.221. The van der Waals surface area contributed by atoms with Gasteiger partial charge >= 0.3 is 0 Å². The van der Waals surface area contributed by atoms with Gasteiger partial charge in [-0.1, -0.05) is 0 Å². The van der Waals surface area contributed by atoms with Crippen LogP contribution in [-0.2, 0) is 9.47 Å². The highest BCUT2D eigenvalue weighted by atomic mass is 17.0. The van der Waals surface area contributed by atoms with Gasteiger partial charge in [0.25, 0.3) is 0 Å². The van der Waals surface area contributed by atoms with E-state index >= 15 is 0 Å². The Kier molecular flexibility index (Phi) is 0.320. The van der Waals surface area contributed by atoms with Gasteiger partial charge in [-0.05, 0) is 0 Å². The molecule has 0 atom stereocenters. The van der Waals surface area contributed by atoms with Gasteiger partial charge in [0.2, 0.25) is 12.6 Å². The lowest BCUT2D eigenvalue weighted by atomic mass is 11.0. The minimum atomic E-state index is 0. The third-order valence-electron chi connectivity index (χ3n) is 0.605. The van der Waals surface area contributed by atoms with E-state index in [1.54, 1.807) is 0 Å². The highest BCUT2D eigenvalue weighted by molar-refractivity contribution is 4.81. The van der Waals surface area contributed by atoms with Crippen molar-refractivity contribution in [3.8, 4) is 0 Å². The van der Waals surface area contributed by atoms with Gasteiger partial charge in [-0.25, -0.2) is 0 Å². The third-order valence-corrected chi connectivity index (χ3v) is 0.605. The largest absolute Gasteiger partial charge is 0.412 e. The molecule has 0 unspecified atom stereocenters. The Morgan fingerprint density at radius 2 is 1.20 bits per heavy atom. The van der Waals surface area contributed by atoms with Crippen molar-refractivity contribution >= 4 is 0 Å². The van der Waals surface area contributed by atoms with Gasteiger partial charge in [-0.2, -0.15) is 0 Å². The van der Waals surface area contributed by atoms with Crippen LogP contribution in [-0.4, -0.2) is 18.1 Å². The fourth-order valence-electron chi connectivity index (χ4n) is 0.184. The molecule has 0 aromatic carbocycles. The Labute approximate surface area is 28.8 Å². The smallest absolute Gasteiger partial charge is 0.215 e. The van der Waals surface area contributed by atoms with E-state index in [2.05, 4.69) is 9.47 Å². The second kappa shape index (κ2) is 0.518. The molecule has 2 fully saturated rings. The summed E-state index contributed by atoms with van der Waals surface area (Å²) < 4.78 is 9.17. The molecule has 0 bridgehead atoms. The van der Waals surface area contributed by atoms with Crippen molar-refractivity contribution in [2.24, 2.45) is 0 Å². The summed E-state index contributed by atoms with van der Waals surface area (Å²) in [7, 11) is 0. The van der Waals surface area contributed by atoms with Crippen LogP contribution in [0.25, 0.3) is 0 Å². The van der Waals surface area contributed by atoms with Crippen LogP contribution in [0.4, 0.5) is 0 Å². The first-order chi connectivity index (χ1) is 1.97. The van der Waals surface area contributed by atoms with Crippen molar-refractivity contribution in [3.05, 3.63) is 0 Å². The SMILES string of the molecule is O.O1C2OC12. The Morgan fingerprint density at radius 3 is 1.20 bits per heavy atom. The number of fused-ring (bicyclic) bond motifs is 1. The highest BCUT2D eigenvalue weighted by Gasteiger charge is 2.59. The van der Waals surface area contributed by atoms with Crippen LogP contribution in [0.2, 0.25) is 0 Å². The molecule has 2 aliphatic rings. The second-order valence-corrected chi connectivity index (χ2v) is 1.01. The second-order valence-electron chi connectivity index (χ2n) is 1.01. The number of hydrogen-bond acceptors (Lipinski definition) is 2. The van der Waals surface area contributed by atoms with E-state index < -0.39 is 0 Å². The van der Waals surface area contributed by atoms with Crippen LogP contribution in [0, 0.1) is 0 Å². The Bertz CT molecular complexity index is 40.9. The van der Waals surface area contributed by atoms with Crippen molar-refractivity contribution in [2.75, 3.05) is 0 Å². The number of ether oxygens (including phenoxy) is 2. The summed E-state index contributed by atoms with van der Waals surface area (Å²) in [5, 5.41) is 0. The molecule has 3 nitrogen and oxygen atoms in total. The molecular weight excluding hydrogens is 72.0 g/mol. The molecule has 0 radical (unpaired) electrons. The summed E-state index contributed by atoms with van der Waals surface area (Å²) in [5.41, 5.74) is 0. The van der Waals surface area contributed by atoms with Crippen LogP contribution in [0.15, 0.2) is 0 Å². The average molecular weight is 76.1 g/mol. The van der Waals surface area contributed by atoms with Gasteiger partial charge in [-0.15, -0.1) is 0 Å². The van der Waals surface area contributed by atoms with Gasteiger partial charge < -0.3 is 14.9 Å². The fraction of sp³-hybridized carbons (Fsp3) is 1.00. The van der Waals surface area contributed by atoms with E-state index in [0.29, 0.717) is 0 Å². The quantitative estimate of drug-likeness (QED) is 0.343. The molecule has 2 N–H and O–H groups in total. The van der Waals surface area contributed by atoms with Crippen LogP contribution in [0.5, 0.6) is 0 Å². The van der Waals surface area contributed by atoms with Crippen molar-refractivity contribution in [1.82, 2.24) is 0 Å². The van der Waals surface area contributed by atoms with Gasteiger partial charge in [0.15, 0.2) is 0 Å². The molecule has 0 aromatic rings. The van der Waals surface area contributed by atoms with E-state index in [4.69, 9.17) is 0 Å². The standard InChI is InChI=1S/C2H2O2.H2O/c3-1-2(3)4-1;/h1-2H;1H2. The number of hydrogen-bond donors (Lipinski definition) is 0. The van der Waals surface area contributed by atoms with Crippen LogP contribution in [0.3, 0.4) is 0 Å². The first kappa shape index (κ1) is 3.08. The van der Waals surface area contributed by atoms with E-state index in [0.717, 1.165) is 0 Å². The summed E-state index contributed by atoms with van der Waals surface area (Å²) in [6, 6.07) is 0. The Hall–Kier alpha value is -0.120. The van der Waals surface area contributed by atoms with E-state index in [-0.39, 0.29) is 18.1 Å². The summed E-state index contributed by atoms with van der Waals surface area (Å²) in [5.74, 6) is 0. The molecule has 3 heteroatoms. The van der Waals surface area contributed by atoms with Crippen molar-refractivity contribution in [1.29, 1.82) is 0 Å². The molecular formula is C2H4O3. The zero-order valence-electron chi connectivity index (χ0n) is 2.47. The number of rotatable bonds is 0. The van der Waals surface area contributed by atoms with Gasteiger partial charge in [-0.3, -0.25) is 0 Å². The Morgan fingerprint density at radius 1 is 1.00 bits per heavy atom. The van der Waals surface area contributed by atoms with E-state index in [9.17, 15) is 0 Å². The summed E-state index contributed by atoms with van der Waals surface area (Å²) in [4.78, 5) is 0. The first-order valence-corrected chi connectivity index (χ1v) is 1.28. The molecule has 0 aliphatic carbocycles. The molecule has 0 spiro atoms. The lowest BCUT2D eigenvalue weighted by molar-refractivity contribution is 0.0108. The normalized spacial score (nSPS) is 52.8. The average Bonchev–Trinajstić information content (AvgIpc) is 1.36. The first-order valence-electron chi connectivity index (χ1n) is 1.28. The van der Waals surface area contributed by atoms with E-state index in [1.165, 1.54) is 0 Å². The molecule has 2 heterocycles. The molecule has 0 amide bonds. The lowest BCUT2D eigenvalue weighted by Gasteiger charge is -1.69. The molecule has 0 aromatic heterocycles. The minimum absolute atomic E-state index is 0. The summed E-state index contributed by atoms with van der Waals surface area (Å²) >= 11 is 0. The maximum atomic E-state index is 4.58. The van der Waals surface area contributed by atoms with Crippen LogP contribution < -0.4 is 0 Å². The maximum Gasteiger partial charge on any atom is 0.215 e. The summed E-state index contributed by atoms with van der Waals surface area (Å²) in [6.45, 7) is 0. The van der Waals surface area contributed by atoms with Crippen molar-refractivity contribution in [3.63, 3.8) is 0 Å². The van der Waals surface area contributed by atoms with Crippen LogP contribution >= 0.6 is 0 Å². The molecule has 2 aliphatic heterocycles. The summed E-state index contributed by atoms with van der Waals surface area (Å²) in [6.07, 6.45) is 0.500. The van der Waals surface area contributed by atoms with Crippen LogP contribution in [0.1, 0.15) is 0 Å². The zero-order chi connectivity index (χ0) is 2.57. The van der Waals surface area contributed by atoms with Crippen molar-refractivity contribution in [2.45, 2.75) is 12.6 Å². The van der Waals surface area contributed by atoms with Gasteiger partial charge in [0.05, 0.1) is 0 Å². The fourth-order valence-corrected chi connectivity index (χ4v) is 0.184. The molecule has 2 rings (SSSR count).